The molecule has 0 aliphatic heterocycles. The fraction of sp³-hybridized carbons (Fsp3) is 0.786. The Morgan fingerprint density at radius 1 is 1.05 bits per heavy atom. The van der Waals surface area contributed by atoms with E-state index in [2.05, 4.69) is 32.5 Å². The van der Waals surface area contributed by atoms with Gasteiger partial charge < -0.3 is 15.4 Å². The van der Waals surface area contributed by atoms with Crippen LogP contribution in [0.3, 0.4) is 0 Å². The summed E-state index contributed by atoms with van der Waals surface area (Å²) in [5.41, 5.74) is 0. The number of hydrogen-bond donors (Lipinski definition) is 2. The summed E-state index contributed by atoms with van der Waals surface area (Å²) >= 11 is 0. The van der Waals surface area contributed by atoms with Crippen molar-refractivity contribution < 1.29 is 4.74 Å². The lowest BCUT2D eigenvalue weighted by molar-refractivity contribution is 0.222. The smallest absolute Gasteiger partial charge is 0.323 e. The molecule has 6 nitrogen and oxygen atoms in total. The molecule has 1 fully saturated rings. The van der Waals surface area contributed by atoms with Gasteiger partial charge in [-0.15, -0.1) is 0 Å². The zero-order valence-electron chi connectivity index (χ0n) is 12.8. The molecule has 0 saturated heterocycles. The first-order chi connectivity index (χ1) is 9.56. The van der Waals surface area contributed by atoms with Crippen LogP contribution in [0.4, 0.5) is 11.9 Å². The summed E-state index contributed by atoms with van der Waals surface area (Å²) in [5.74, 6) is 1.96. The van der Waals surface area contributed by atoms with E-state index in [1.54, 1.807) is 7.05 Å². The molecule has 0 atom stereocenters. The van der Waals surface area contributed by atoms with Gasteiger partial charge in [-0.25, -0.2) is 0 Å². The molecule has 0 amide bonds. The topological polar surface area (TPSA) is 72.0 Å². The highest BCUT2D eigenvalue weighted by molar-refractivity contribution is 5.36. The SMILES string of the molecule is CNc1nc(NC2CCC(C)CC2)nc(OC(C)C)n1. The number of hydrogen-bond acceptors (Lipinski definition) is 6. The predicted octanol–water partition coefficient (Wildman–Crippen LogP) is 2.69. The summed E-state index contributed by atoms with van der Waals surface area (Å²) in [5, 5.41) is 6.35. The largest absolute Gasteiger partial charge is 0.461 e. The molecule has 1 aliphatic carbocycles. The second kappa shape index (κ2) is 6.72. The van der Waals surface area contributed by atoms with E-state index >= 15 is 0 Å². The molecule has 0 spiro atoms. The van der Waals surface area contributed by atoms with Gasteiger partial charge in [0, 0.05) is 13.1 Å². The number of nitrogens with one attached hydrogen (secondary N) is 2. The highest BCUT2D eigenvalue weighted by Crippen LogP contribution is 2.25. The van der Waals surface area contributed by atoms with E-state index in [0.29, 0.717) is 23.9 Å². The summed E-state index contributed by atoms with van der Waals surface area (Å²) < 4.78 is 5.56. The lowest BCUT2D eigenvalue weighted by Gasteiger charge is -2.27. The van der Waals surface area contributed by atoms with Crippen LogP contribution in [0.5, 0.6) is 6.01 Å². The Balaban J connectivity index is 2.06. The van der Waals surface area contributed by atoms with Crippen LogP contribution in [0, 0.1) is 5.92 Å². The summed E-state index contributed by atoms with van der Waals surface area (Å²) in [7, 11) is 1.79. The van der Waals surface area contributed by atoms with Crippen molar-refractivity contribution in [3.63, 3.8) is 0 Å². The number of rotatable bonds is 5. The van der Waals surface area contributed by atoms with Gasteiger partial charge in [-0.3, -0.25) is 0 Å². The van der Waals surface area contributed by atoms with Gasteiger partial charge in [-0.05, 0) is 45.4 Å². The van der Waals surface area contributed by atoms with E-state index in [4.69, 9.17) is 4.74 Å². The van der Waals surface area contributed by atoms with Crippen molar-refractivity contribution in [2.45, 2.75) is 58.6 Å². The van der Waals surface area contributed by atoms with Crippen molar-refractivity contribution in [2.24, 2.45) is 5.92 Å². The monoisotopic (exact) mass is 279 g/mol. The second-order valence-corrected chi connectivity index (χ2v) is 5.78. The Morgan fingerprint density at radius 2 is 1.70 bits per heavy atom. The van der Waals surface area contributed by atoms with Crippen LogP contribution in [0.15, 0.2) is 0 Å². The maximum absolute atomic E-state index is 5.56. The van der Waals surface area contributed by atoms with Crippen LogP contribution in [-0.4, -0.2) is 34.1 Å². The predicted molar refractivity (Wildman–Crippen MR) is 80.2 cm³/mol. The van der Waals surface area contributed by atoms with Crippen molar-refractivity contribution in [3.05, 3.63) is 0 Å². The minimum Gasteiger partial charge on any atom is -0.461 e. The third kappa shape index (κ3) is 4.21. The molecular formula is C14H25N5O. The lowest BCUT2D eigenvalue weighted by Crippen LogP contribution is -2.26. The fourth-order valence-electron chi connectivity index (χ4n) is 2.38. The summed E-state index contributed by atoms with van der Waals surface area (Å²) in [6, 6.07) is 0.816. The van der Waals surface area contributed by atoms with Gasteiger partial charge in [-0.2, -0.15) is 15.0 Å². The van der Waals surface area contributed by atoms with Crippen LogP contribution in [0.1, 0.15) is 46.5 Å². The van der Waals surface area contributed by atoms with Crippen molar-refractivity contribution in [1.29, 1.82) is 0 Å². The lowest BCUT2D eigenvalue weighted by atomic mass is 9.87. The molecule has 112 valence electrons. The molecule has 20 heavy (non-hydrogen) atoms. The third-order valence-corrected chi connectivity index (χ3v) is 3.53. The zero-order chi connectivity index (χ0) is 14.5. The first kappa shape index (κ1) is 14.8. The molecule has 1 heterocycles. The van der Waals surface area contributed by atoms with Crippen molar-refractivity contribution in [2.75, 3.05) is 17.7 Å². The van der Waals surface area contributed by atoms with Crippen LogP contribution in [0.25, 0.3) is 0 Å². The van der Waals surface area contributed by atoms with E-state index < -0.39 is 0 Å². The molecule has 2 N–H and O–H groups in total. The molecule has 1 aromatic heterocycles. The van der Waals surface area contributed by atoms with Crippen LogP contribution >= 0.6 is 0 Å². The summed E-state index contributed by atoms with van der Waals surface area (Å²) in [4.78, 5) is 12.9. The average molecular weight is 279 g/mol. The first-order valence-corrected chi connectivity index (χ1v) is 7.44. The first-order valence-electron chi connectivity index (χ1n) is 7.44. The molecule has 0 aromatic carbocycles. The highest BCUT2D eigenvalue weighted by Gasteiger charge is 2.19. The average Bonchev–Trinajstić information content (AvgIpc) is 2.40. The molecule has 2 rings (SSSR count). The molecule has 0 radical (unpaired) electrons. The number of ether oxygens (including phenoxy) is 1. The van der Waals surface area contributed by atoms with E-state index in [-0.39, 0.29) is 6.10 Å². The van der Waals surface area contributed by atoms with Crippen LogP contribution in [0.2, 0.25) is 0 Å². The molecule has 0 unspecified atom stereocenters. The standard InChI is InChI=1S/C14H25N5O/c1-9(2)20-14-18-12(15-4)17-13(19-14)16-11-7-5-10(3)6-8-11/h9-11H,5-8H2,1-4H3,(H2,15,16,17,18,19). The Labute approximate surface area is 120 Å². The third-order valence-electron chi connectivity index (χ3n) is 3.53. The number of nitrogens with zero attached hydrogens (tertiary/aromatic N) is 3. The van der Waals surface area contributed by atoms with Gasteiger partial charge >= 0.3 is 6.01 Å². The normalized spacial score (nSPS) is 22.6. The Morgan fingerprint density at radius 3 is 2.30 bits per heavy atom. The minimum atomic E-state index is 0.0467. The van der Waals surface area contributed by atoms with Gasteiger partial charge in [0.05, 0.1) is 6.10 Å². The molecule has 1 saturated carbocycles. The van der Waals surface area contributed by atoms with Gasteiger partial charge in [0.15, 0.2) is 0 Å². The Hall–Kier alpha value is -1.59. The quantitative estimate of drug-likeness (QED) is 0.863. The van der Waals surface area contributed by atoms with Gasteiger partial charge in [0.2, 0.25) is 11.9 Å². The van der Waals surface area contributed by atoms with Gasteiger partial charge in [0.1, 0.15) is 0 Å². The second-order valence-electron chi connectivity index (χ2n) is 5.78. The minimum absolute atomic E-state index is 0.0467. The summed E-state index contributed by atoms with van der Waals surface area (Å²) in [6.45, 7) is 6.23. The van der Waals surface area contributed by atoms with E-state index in [1.807, 2.05) is 13.8 Å². The van der Waals surface area contributed by atoms with Crippen molar-refractivity contribution in [3.8, 4) is 6.01 Å². The number of aromatic nitrogens is 3. The molecule has 6 heteroatoms. The van der Waals surface area contributed by atoms with E-state index in [1.165, 1.54) is 25.7 Å². The van der Waals surface area contributed by atoms with Crippen LogP contribution < -0.4 is 15.4 Å². The molecule has 1 aromatic rings. The summed E-state index contributed by atoms with van der Waals surface area (Å²) in [6.07, 6.45) is 4.91. The van der Waals surface area contributed by atoms with E-state index in [9.17, 15) is 0 Å². The van der Waals surface area contributed by atoms with E-state index in [0.717, 1.165) is 5.92 Å². The molecule has 0 bridgehead atoms. The fourth-order valence-corrected chi connectivity index (χ4v) is 2.38. The van der Waals surface area contributed by atoms with Crippen LogP contribution in [-0.2, 0) is 0 Å². The molecular weight excluding hydrogens is 254 g/mol. The van der Waals surface area contributed by atoms with Gasteiger partial charge in [-0.1, -0.05) is 6.92 Å². The molecule has 1 aliphatic rings. The maximum Gasteiger partial charge on any atom is 0.323 e. The zero-order valence-corrected chi connectivity index (χ0v) is 12.8. The van der Waals surface area contributed by atoms with Crippen molar-refractivity contribution in [1.82, 2.24) is 15.0 Å². The Bertz CT molecular complexity index is 430. The Kier molecular flexibility index (Phi) is 4.98. The van der Waals surface area contributed by atoms with Gasteiger partial charge in [0.25, 0.3) is 0 Å². The number of anilines is 2. The van der Waals surface area contributed by atoms with Crippen molar-refractivity contribution >= 4 is 11.9 Å². The maximum atomic E-state index is 5.56. The highest BCUT2D eigenvalue weighted by atomic mass is 16.5.